The Morgan fingerprint density at radius 1 is 1.29 bits per heavy atom. The molecule has 1 heterocycles. The molecule has 2 rings (SSSR count). The van der Waals surface area contributed by atoms with E-state index in [9.17, 15) is 9.59 Å². The van der Waals surface area contributed by atoms with Crippen molar-refractivity contribution in [2.24, 2.45) is 5.92 Å². The van der Waals surface area contributed by atoms with E-state index in [1.165, 1.54) is 0 Å². The molecule has 1 saturated carbocycles. The summed E-state index contributed by atoms with van der Waals surface area (Å²) in [6, 6.07) is 0. The maximum absolute atomic E-state index is 12.4. The lowest BCUT2D eigenvalue weighted by molar-refractivity contribution is -0.162. The van der Waals surface area contributed by atoms with Gasteiger partial charge in [-0.1, -0.05) is 6.92 Å². The highest BCUT2D eigenvalue weighted by Crippen LogP contribution is 2.45. The van der Waals surface area contributed by atoms with Crippen molar-refractivity contribution in [3.8, 4) is 0 Å². The van der Waals surface area contributed by atoms with Gasteiger partial charge in [0.25, 0.3) is 0 Å². The molecule has 4 heteroatoms. The molecule has 96 valence electrons. The molecule has 0 aromatic heterocycles. The normalized spacial score (nSPS) is 32.6. The standard InChI is InChI=1S/C13H22N2O2/c1-5-8-15-11(17)12(2,3)14-10(16)13(15,4)9-6-7-9/h9H,5-8H2,1-4H3,(H,14,16). The largest absolute Gasteiger partial charge is 0.340 e. The Bertz CT molecular complexity index is 360. The monoisotopic (exact) mass is 238 g/mol. The lowest BCUT2D eigenvalue weighted by Crippen LogP contribution is -2.74. The van der Waals surface area contributed by atoms with Crippen molar-refractivity contribution in [1.82, 2.24) is 10.2 Å². The van der Waals surface area contributed by atoms with E-state index in [1.54, 1.807) is 13.8 Å². The van der Waals surface area contributed by atoms with Crippen molar-refractivity contribution in [3.05, 3.63) is 0 Å². The molecule has 1 aliphatic heterocycles. The van der Waals surface area contributed by atoms with Crippen LogP contribution in [0.25, 0.3) is 0 Å². The number of carbonyl (C=O) groups excluding carboxylic acids is 2. The molecule has 1 aliphatic carbocycles. The van der Waals surface area contributed by atoms with Crippen LogP contribution in [0.2, 0.25) is 0 Å². The SMILES string of the molecule is CCCN1C(=O)C(C)(C)NC(=O)C1(C)C1CC1. The number of rotatable bonds is 3. The number of piperazine rings is 1. The quantitative estimate of drug-likeness (QED) is 0.805. The molecule has 2 aliphatic rings. The molecule has 2 fully saturated rings. The first kappa shape index (κ1) is 12.4. The highest BCUT2D eigenvalue weighted by molar-refractivity contribution is 6.02. The van der Waals surface area contributed by atoms with Gasteiger partial charge < -0.3 is 10.2 Å². The minimum absolute atomic E-state index is 0.0121. The average Bonchev–Trinajstić information content (AvgIpc) is 3.05. The zero-order chi connectivity index (χ0) is 12.8. The number of nitrogens with zero attached hydrogens (tertiary/aromatic N) is 1. The van der Waals surface area contributed by atoms with E-state index < -0.39 is 11.1 Å². The summed E-state index contributed by atoms with van der Waals surface area (Å²) < 4.78 is 0. The van der Waals surface area contributed by atoms with E-state index in [0.29, 0.717) is 12.5 Å². The first-order chi connectivity index (χ1) is 7.84. The van der Waals surface area contributed by atoms with E-state index in [0.717, 1.165) is 19.3 Å². The van der Waals surface area contributed by atoms with Crippen molar-refractivity contribution >= 4 is 11.8 Å². The van der Waals surface area contributed by atoms with Gasteiger partial charge in [-0.3, -0.25) is 9.59 Å². The van der Waals surface area contributed by atoms with Crippen LogP contribution in [0.15, 0.2) is 0 Å². The van der Waals surface area contributed by atoms with Gasteiger partial charge in [0.2, 0.25) is 11.8 Å². The fourth-order valence-corrected chi connectivity index (χ4v) is 2.74. The Labute approximate surface area is 103 Å². The smallest absolute Gasteiger partial charge is 0.248 e. The van der Waals surface area contributed by atoms with E-state index >= 15 is 0 Å². The summed E-state index contributed by atoms with van der Waals surface area (Å²) in [6.45, 7) is 8.19. The van der Waals surface area contributed by atoms with Gasteiger partial charge in [0.1, 0.15) is 11.1 Å². The van der Waals surface area contributed by atoms with Crippen molar-refractivity contribution < 1.29 is 9.59 Å². The van der Waals surface area contributed by atoms with Gasteiger partial charge in [0.15, 0.2) is 0 Å². The van der Waals surface area contributed by atoms with Gasteiger partial charge in [-0.05, 0) is 46.0 Å². The maximum atomic E-state index is 12.4. The van der Waals surface area contributed by atoms with Crippen LogP contribution in [0.5, 0.6) is 0 Å². The molecule has 0 bridgehead atoms. The predicted molar refractivity (Wildman–Crippen MR) is 65.4 cm³/mol. The van der Waals surface area contributed by atoms with Crippen LogP contribution in [-0.4, -0.2) is 34.3 Å². The highest BCUT2D eigenvalue weighted by Gasteiger charge is 2.58. The molecular formula is C13H22N2O2. The molecule has 1 N–H and O–H groups in total. The van der Waals surface area contributed by atoms with Crippen LogP contribution in [0.3, 0.4) is 0 Å². The Balaban J connectivity index is 2.36. The molecule has 1 atom stereocenters. The number of carbonyl (C=O) groups is 2. The summed E-state index contributed by atoms with van der Waals surface area (Å²) in [5, 5.41) is 2.88. The molecular weight excluding hydrogens is 216 g/mol. The Morgan fingerprint density at radius 2 is 1.88 bits per heavy atom. The molecule has 0 radical (unpaired) electrons. The van der Waals surface area contributed by atoms with Gasteiger partial charge in [0.05, 0.1) is 0 Å². The molecule has 1 saturated heterocycles. The number of hydrogen-bond donors (Lipinski definition) is 1. The van der Waals surface area contributed by atoms with Crippen LogP contribution in [0.1, 0.15) is 47.0 Å². The molecule has 4 nitrogen and oxygen atoms in total. The Kier molecular flexibility index (Phi) is 2.71. The molecule has 0 spiro atoms. The second-order valence-corrected chi connectivity index (χ2v) is 5.96. The molecule has 0 aromatic rings. The van der Waals surface area contributed by atoms with Crippen LogP contribution in [0.4, 0.5) is 0 Å². The highest BCUT2D eigenvalue weighted by atomic mass is 16.2. The van der Waals surface area contributed by atoms with Crippen molar-refractivity contribution in [2.75, 3.05) is 6.54 Å². The minimum atomic E-state index is -0.763. The zero-order valence-electron chi connectivity index (χ0n) is 11.2. The molecule has 2 amide bonds. The van der Waals surface area contributed by atoms with Gasteiger partial charge in [-0.2, -0.15) is 0 Å². The van der Waals surface area contributed by atoms with Crippen molar-refractivity contribution in [1.29, 1.82) is 0 Å². The van der Waals surface area contributed by atoms with Crippen LogP contribution < -0.4 is 5.32 Å². The Hall–Kier alpha value is -1.06. The van der Waals surface area contributed by atoms with E-state index in [2.05, 4.69) is 5.32 Å². The lowest BCUT2D eigenvalue weighted by Gasteiger charge is -2.49. The third-order valence-electron chi connectivity index (χ3n) is 4.05. The van der Waals surface area contributed by atoms with E-state index in [-0.39, 0.29) is 11.8 Å². The van der Waals surface area contributed by atoms with Crippen molar-refractivity contribution in [3.63, 3.8) is 0 Å². The first-order valence-corrected chi connectivity index (χ1v) is 6.48. The van der Waals surface area contributed by atoms with Crippen LogP contribution in [-0.2, 0) is 9.59 Å². The summed E-state index contributed by atoms with van der Waals surface area (Å²) in [5.41, 5.74) is -1.39. The third-order valence-corrected chi connectivity index (χ3v) is 4.05. The summed E-state index contributed by atoms with van der Waals surface area (Å²) in [5.74, 6) is 0.403. The second kappa shape index (κ2) is 3.72. The Morgan fingerprint density at radius 3 is 2.35 bits per heavy atom. The minimum Gasteiger partial charge on any atom is -0.340 e. The van der Waals surface area contributed by atoms with Crippen LogP contribution >= 0.6 is 0 Å². The summed E-state index contributed by atoms with van der Waals surface area (Å²) >= 11 is 0. The summed E-state index contributed by atoms with van der Waals surface area (Å²) in [6.07, 6.45) is 2.99. The molecule has 0 aromatic carbocycles. The van der Waals surface area contributed by atoms with Gasteiger partial charge in [-0.15, -0.1) is 0 Å². The number of amides is 2. The van der Waals surface area contributed by atoms with Gasteiger partial charge in [0, 0.05) is 6.54 Å². The predicted octanol–water partition coefficient (Wildman–Crippen LogP) is 1.30. The zero-order valence-corrected chi connectivity index (χ0v) is 11.2. The van der Waals surface area contributed by atoms with Crippen LogP contribution in [0, 0.1) is 5.92 Å². The topological polar surface area (TPSA) is 49.4 Å². The average molecular weight is 238 g/mol. The first-order valence-electron chi connectivity index (χ1n) is 6.48. The lowest BCUT2D eigenvalue weighted by atomic mass is 9.84. The fourth-order valence-electron chi connectivity index (χ4n) is 2.74. The second-order valence-electron chi connectivity index (χ2n) is 5.96. The summed E-state index contributed by atoms with van der Waals surface area (Å²) in [4.78, 5) is 26.6. The van der Waals surface area contributed by atoms with Gasteiger partial charge >= 0.3 is 0 Å². The van der Waals surface area contributed by atoms with E-state index in [1.807, 2.05) is 18.7 Å². The van der Waals surface area contributed by atoms with Crippen molar-refractivity contribution in [2.45, 2.75) is 58.0 Å². The third kappa shape index (κ3) is 1.74. The molecule has 17 heavy (non-hydrogen) atoms. The summed E-state index contributed by atoms with van der Waals surface area (Å²) in [7, 11) is 0. The fraction of sp³-hybridized carbons (Fsp3) is 0.846. The van der Waals surface area contributed by atoms with Gasteiger partial charge in [-0.25, -0.2) is 0 Å². The van der Waals surface area contributed by atoms with E-state index in [4.69, 9.17) is 0 Å². The molecule has 1 unspecified atom stereocenters. The number of hydrogen-bond acceptors (Lipinski definition) is 2. The maximum Gasteiger partial charge on any atom is 0.248 e. The number of nitrogens with one attached hydrogen (secondary N) is 1.